The van der Waals surface area contributed by atoms with Gasteiger partial charge in [-0.15, -0.1) is 0 Å². The van der Waals surface area contributed by atoms with Crippen molar-refractivity contribution in [3.8, 4) is 0 Å². The van der Waals surface area contributed by atoms with E-state index in [1.54, 1.807) is 0 Å². The summed E-state index contributed by atoms with van der Waals surface area (Å²) in [7, 11) is 0. The van der Waals surface area contributed by atoms with E-state index in [-0.39, 0.29) is 0 Å². The van der Waals surface area contributed by atoms with Gasteiger partial charge >= 0.3 is 0 Å². The number of hydrogen-bond donors (Lipinski definition) is 1. The van der Waals surface area contributed by atoms with E-state index in [9.17, 15) is 0 Å². The maximum Gasteiger partial charge on any atom is 0.0458 e. The van der Waals surface area contributed by atoms with Crippen molar-refractivity contribution in [3.63, 3.8) is 0 Å². The highest BCUT2D eigenvalue weighted by Crippen LogP contribution is 2.33. The molecule has 0 spiro atoms. The van der Waals surface area contributed by atoms with Gasteiger partial charge in [0.05, 0.1) is 0 Å². The molecule has 0 saturated heterocycles. The summed E-state index contributed by atoms with van der Waals surface area (Å²) >= 11 is 0. The second-order valence-corrected chi connectivity index (χ2v) is 5.00. The molecule has 1 aromatic carbocycles. The van der Waals surface area contributed by atoms with E-state index < -0.39 is 0 Å². The zero-order valence-electron chi connectivity index (χ0n) is 12.2. The Labute approximate surface area is 116 Å². The zero-order valence-corrected chi connectivity index (χ0v) is 12.2. The molecule has 0 aliphatic heterocycles. The van der Waals surface area contributed by atoms with E-state index in [0.29, 0.717) is 0 Å². The van der Waals surface area contributed by atoms with E-state index >= 15 is 0 Å². The van der Waals surface area contributed by atoms with Crippen LogP contribution in [-0.2, 0) is 0 Å². The molecular weight excluding hydrogens is 230 g/mol. The first-order valence-corrected chi connectivity index (χ1v) is 7.14. The number of nitrogens with one attached hydrogen (secondary N) is 1. The molecule has 1 heteroatoms. The van der Waals surface area contributed by atoms with E-state index in [0.717, 1.165) is 19.3 Å². The van der Waals surface area contributed by atoms with Crippen LogP contribution in [0.5, 0.6) is 0 Å². The summed E-state index contributed by atoms with van der Waals surface area (Å²) < 4.78 is 0. The molecule has 1 N–H and O–H groups in total. The van der Waals surface area contributed by atoms with Crippen LogP contribution in [0.2, 0.25) is 0 Å². The highest BCUT2D eigenvalue weighted by atomic mass is 14.9. The van der Waals surface area contributed by atoms with E-state index in [4.69, 9.17) is 0 Å². The Morgan fingerprint density at radius 2 is 2.11 bits per heavy atom. The van der Waals surface area contributed by atoms with E-state index in [2.05, 4.69) is 68.6 Å². The van der Waals surface area contributed by atoms with Crippen LogP contribution < -0.4 is 5.32 Å². The summed E-state index contributed by atoms with van der Waals surface area (Å²) in [6.07, 6.45) is 9.94. The lowest BCUT2D eigenvalue weighted by Gasteiger charge is -2.16. The van der Waals surface area contributed by atoms with Crippen LogP contribution in [0.25, 0.3) is 5.57 Å². The first-order chi connectivity index (χ1) is 9.26. The minimum absolute atomic E-state index is 1.05. The Bertz CT molecular complexity index is 532. The van der Waals surface area contributed by atoms with Crippen molar-refractivity contribution in [2.75, 3.05) is 5.32 Å². The Balaban J connectivity index is 2.29. The first-order valence-electron chi connectivity index (χ1n) is 7.14. The Hall–Kier alpha value is -1.76. The van der Waals surface area contributed by atoms with E-state index in [1.807, 2.05) is 0 Å². The second kappa shape index (κ2) is 6.42. The zero-order chi connectivity index (χ0) is 13.7. The van der Waals surface area contributed by atoms with Crippen LogP contribution in [0.3, 0.4) is 0 Å². The fraction of sp³-hybridized carbons (Fsp3) is 0.333. The maximum absolute atomic E-state index is 3.59. The van der Waals surface area contributed by atoms with Gasteiger partial charge in [-0.05, 0) is 43.9 Å². The summed E-state index contributed by atoms with van der Waals surface area (Å²) in [6, 6.07) is 8.61. The average molecular weight is 253 g/mol. The molecule has 1 aromatic rings. The summed E-state index contributed by atoms with van der Waals surface area (Å²) in [5.41, 5.74) is 6.68. The van der Waals surface area contributed by atoms with Crippen molar-refractivity contribution in [1.82, 2.24) is 0 Å². The maximum atomic E-state index is 3.59. The van der Waals surface area contributed by atoms with Crippen molar-refractivity contribution < 1.29 is 0 Å². The fourth-order valence-electron chi connectivity index (χ4n) is 2.51. The van der Waals surface area contributed by atoms with Crippen molar-refractivity contribution >= 4 is 11.3 Å². The molecule has 1 nitrogen and oxygen atoms in total. The molecule has 1 aliphatic carbocycles. The number of para-hydroxylation sites is 1. The predicted molar refractivity (Wildman–Crippen MR) is 85.1 cm³/mol. The molecule has 19 heavy (non-hydrogen) atoms. The van der Waals surface area contributed by atoms with Gasteiger partial charge in [-0.25, -0.2) is 0 Å². The molecule has 0 amide bonds. The third-order valence-electron chi connectivity index (χ3n) is 3.58. The molecule has 0 saturated carbocycles. The van der Waals surface area contributed by atoms with Gasteiger partial charge in [-0.3, -0.25) is 0 Å². The summed E-state index contributed by atoms with van der Waals surface area (Å²) in [6.45, 7) is 6.51. The number of anilines is 1. The van der Waals surface area contributed by atoms with Gasteiger partial charge in [-0.2, -0.15) is 0 Å². The molecule has 0 bridgehead atoms. The lowest BCUT2D eigenvalue weighted by Crippen LogP contribution is -2.02. The van der Waals surface area contributed by atoms with Crippen LogP contribution in [0.15, 0.2) is 53.8 Å². The molecule has 0 fully saturated rings. The molecule has 0 unspecified atom stereocenters. The molecule has 0 radical (unpaired) electrons. The highest BCUT2D eigenvalue weighted by molar-refractivity contribution is 5.82. The van der Waals surface area contributed by atoms with Gasteiger partial charge < -0.3 is 5.32 Å². The standard InChI is InChI=1S/C18H23N/c1-4-9-15(5-2)19-18-13-7-6-11-17(18)16-12-8-10-14(16)3/h5-8,10-11,13,19H,4,9,12H2,1-3H3. The average Bonchev–Trinajstić information content (AvgIpc) is 2.85. The third kappa shape index (κ3) is 3.17. The van der Waals surface area contributed by atoms with Gasteiger partial charge in [-0.1, -0.05) is 49.8 Å². The quantitative estimate of drug-likeness (QED) is 0.727. The normalized spacial score (nSPS) is 15.2. The van der Waals surface area contributed by atoms with Gasteiger partial charge in [0.15, 0.2) is 0 Å². The van der Waals surface area contributed by atoms with Gasteiger partial charge in [0.1, 0.15) is 0 Å². The molecule has 0 atom stereocenters. The van der Waals surface area contributed by atoms with Crippen LogP contribution in [0, 0.1) is 0 Å². The van der Waals surface area contributed by atoms with Crippen LogP contribution >= 0.6 is 0 Å². The topological polar surface area (TPSA) is 12.0 Å². The van der Waals surface area contributed by atoms with E-state index in [1.165, 1.54) is 28.1 Å². The molecule has 1 aliphatic rings. The lowest BCUT2D eigenvalue weighted by atomic mass is 9.99. The largest absolute Gasteiger partial charge is 0.359 e. The van der Waals surface area contributed by atoms with Gasteiger partial charge in [0.25, 0.3) is 0 Å². The fourth-order valence-corrected chi connectivity index (χ4v) is 2.51. The minimum atomic E-state index is 1.05. The Kier molecular flexibility index (Phi) is 4.62. The summed E-state index contributed by atoms with van der Waals surface area (Å²) in [5.74, 6) is 0. The number of benzene rings is 1. The molecule has 100 valence electrons. The number of rotatable bonds is 5. The number of allylic oxidation sites excluding steroid dienone is 6. The smallest absolute Gasteiger partial charge is 0.0458 e. The highest BCUT2D eigenvalue weighted by Gasteiger charge is 2.12. The van der Waals surface area contributed by atoms with Crippen LogP contribution in [0.1, 0.15) is 45.6 Å². The molecule has 0 aromatic heterocycles. The first kappa shape index (κ1) is 13.7. The van der Waals surface area contributed by atoms with Crippen molar-refractivity contribution in [1.29, 1.82) is 0 Å². The van der Waals surface area contributed by atoms with Crippen molar-refractivity contribution in [2.45, 2.75) is 40.0 Å². The Morgan fingerprint density at radius 1 is 1.32 bits per heavy atom. The van der Waals surface area contributed by atoms with Crippen molar-refractivity contribution in [2.24, 2.45) is 0 Å². The van der Waals surface area contributed by atoms with Crippen molar-refractivity contribution in [3.05, 3.63) is 59.3 Å². The van der Waals surface area contributed by atoms with Crippen LogP contribution in [-0.4, -0.2) is 0 Å². The molecule has 2 rings (SSSR count). The summed E-state index contributed by atoms with van der Waals surface area (Å²) in [4.78, 5) is 0. The monoisotopic (exact) mass is 253 g/mol. The second-order valence-electron chi connectivity index (χ2n) is 5.00. The summed E-state index contributed by atoms with van der Waals surface area (Å²) in [5, 5.41) is 3.59. The van der Waals surface area contributed by atoms with Gasteiger partial charge in [0.2, 0.25) is 0 Å². The number of hydrogen-bond acceptors (Lipinski definition) is 1. The van der Waals surface area contributed by atoms with Crippen LogP contribution in [0.4, 0.5) is 5.69 Å². The lowest BCUT2D eigenvalue weighted by molar-refractivity contribution is 0.907. The molecular formula is C18H23N. The Morgan fingerprint density at radius 3 is 2.74 bits per heavy atom. The molecule has 0 heterocycles. The SMILES string of the molecule is CC=C(CCC)Nc1ccccc1C1=C(C)C=CC1. The minimum Gasteiger partial charge on any atom is -0.359 e. The van der Waals surface area contributed by atoms with Gasteiger partial charge in [0, 0.05) is 16.9 Å². The third-order valence-corrected chi connectivity index (χ3v) is 3.58. The predicted octanol–water partition coefficient (Wildman–Crippen LogP) is 5.54.